The first-order chi connectivity index (χ1) is 9.13. The minimum Gasteiger partial charge on any atom is -0.325 e. The molecule has 1 aromatic heterocycles. The van der Waals surface area contributed by atoms with Crippen LogP contribution >= 0.6 is 11.6 Å². The van der Waals surface area contributed by atoms with Gasteiger partial charge in [0.15, 0.2) is 0 Å². The molecule has 0 spiro atoms. The summed E-state index contributed by atoms with van der Waals surface area (Å²) in [4.78, 5) is 8.48. The van der Waals surface area contributed by atoms with Crippen LogP contribution in [0.3, 0.4) is 0 Å². The van der Waals surface area contributed by atoms with Crippen LogP contribution in [-0.2, 0) is 13.0 Å². The van der Waals surface area contributed by atoms with E-state index < -0.39 is 5.82 Å². The minimum absolute atomic E-state index is 0.0791. The quantitative estimate of drug-likeness (QED) is 0.903. The van der Waals surface area contributed by atoms with Gasteiger partial charge < -0.3 is 11.1 Å². The van der Waals surface area contributed by atoms with E-state index in [1.807, 2.05) is 6.92 Å². The van der Waals surface area contributed by atoms with Crippen molar-refractivity contribution in [3.05, 3.63) is 46.5 Å². The van der Waals surface area contributed by atoms with E-state index in [2.05, 4.69) is 15.3 Å². The van der Waals surface area contributed by atoms with Crippen LogP contribution in [0.2, 0.25) is 5.02 Å². The SMILES string of the molecule is CCc1cnc(Nc2ccc(Cl)c(F)c2)nc1CN. The average Bonchev–Trinajstić information content (AvgIpc) is 2.43. The summed E-state index contributed by atoms with van der Waals surface area (Å²) in [6.07, 6.45) is 2.55. The summed E-state index contributed by atoms with van der Waals surface area (Å²) in [6, 6.07) is 4.43. The van der Waals surface area contributed by atoms with Crippen LogP contribution in [0.15, 0.2) is 24.4 Å². The van der Waals surface area contributed by atoms with Gasteiger partial charge in [-0.25, -0.2) is 14.4 Å². The predicted octanol–water partition coefficient (Wildman–Crippen LogP) is 3.03. The zero-order chi connectivity index (χ0) is 13.8. The van der Waals surface area contributed by atoms with Crippen LogP contribution < -0.4 is 11.1 Å². The van der Waals surface area contributed by atoms with Crippen molar-refractivity contribution in [2.75, 3.05) is 5.32 Å². The molecule has 4 nitrogen and oxygen atoms in total. The van der Waals surface area contributed by atoms with Crippen molar-refractivity contribution in [1.29, 1.82) is 0 Å². The van der Waals surface area contributed by atoms with E-state index >= 15 is 0 Å². The average molecular weight is 281 g/mol. The van der Waals surface area contributed by atoms with E-state index in [0.717, 1.165) is 17.7 Å². The molecule has 0 aliphatic rings. The van der Waals surface area contributed by atoms with Crippen LogP contribution in [0.1, 0.15) is 18.2 Å². The fourth-order valence-electron chi connectivity index (χ4n) is 1.68. The Hall–Kier alpha value is -1.72. The second-order valence-corrected chi connectivity index (χ2v) is 4.38. The molecule has 0 atom stereocenters. The first-order valence-electron chi connectivity index (χ1n) is 5.91. The lowest BCUT2D eigenvalue weighted by Gasteiger charge is -2.09. The van der Waals surface area contributed by atoms with E-state index in [9.17, 15) is 4.39 Å². The second kappa shape index (κ2) is 5.95. The molecule has 0 radical (unpaired) electrons. The molecule has 2 aromatic rings. The number of anilines is 2. The highest BCUT2D eigenvalue weighted by Gasteiger charge is 2.06. The Kier molecular flexibility index (Phi) is 4.29. The van der Waals surface area contributed by atoms with Crippen molar-refractivity contribution < 1.29 is 4.39 Å². The summed E-state index contributed by atoms with van der Waals surface area (Å²) < 4.78 is 13.3. The number of benzene rings is 1. The molecule has 2 rings (SSSR count). The third-order valence-electron chi connectivity index (χ3n) is 2.70. The largest absolute Gasteiger partial charge is 0.325 e. The molecule has 100 valence electrons. The Morgan fingerprint density at radius 2 is 2.21 bits per heavy atom. The van der Waals surface area contributed by atoms with Gasteiger partial charge in [-0.3, -0.25) is 0 Å². The summed E-state index contributed by atoms with van der Waals surface area (Å²) in [5.74, 6) is -0.102. The van der Waals surface area contributed by atoms with Crippen molar-refractivity contribution >= 4 is 23.2 Å². The van der Waals surface area contributed by atoms with E-state index in [0.29, 0.717) is 18.2 Å². The maximum atomic E-state index is 13.3. The monoisotopic (exact) mass is 280 g/mol. The molecule has 0 saturated heterocycles. The molecular weight excluding hydrogens is 267 g/mol. The van der Waals surface area contributed by atoms with Gasteiger partial charge in [-0.05, 0) is 30.2 Å². The number of nitrogens with two attached hydrogens (primary N) is 1. The van der Waals surface area contributed by atoms with Gasteiger partial charge in [-0.1, -0.05) is 18.5 Å². The van der Waals surface area contributed by atoms with Crippen LogP contribution in [-0.4, -0.2) is 9.97 Å². The van der Waals surface area contributed by atoms with Gasteiger partial charge in [-0.2, -0.15) is 0 Å². The highest BCUT2D eigenvalue weighted by Crippen LogP contribution is 2.21. The molecule has 1 heterocycles. The Morgan fingerprint density at radius 3 is 2.84 bits per heavy atom. The van der Waals surface area contributed by atoms with Gasteiger partial charge in [0.2, 0.25) is 5.95 Å². The van der Waals surface area contributed by atoms with Gasteiger partial charge >= 0.3 is 0 Å². The molecule has 0 saturated carbocycles. The number of hydrogen-bond acceptors (Lipinski definition) is 4. The molecule has 0 unspecified atom stereocenters. The molecule has 0 aliphatic heterocycles. The van der Waals surface area contributed by atoms with E-state index in [1.165, 1.54) is 12.1 Å². The predicted molar refractivity (Wildman–Crippen MR) is 74.0 cm³/mol. The zero-order valence-corrected chi connectivity index (χ0v) is 11.2. The normalized spacial score (nSPS) is 10.5. The van der Waals surface area contributed by atoms with Gasteiger partial charge in [-0.15, -0.1) is 0 Å². The van der Waals surface area contributed by atoms with Gasteiger partial charge in [0.25, 0.3) is 0 Å². The van der Waals surface area contributed by atoms with E-state index in [-0.39, 0.29) is 5.02 Å². The summed E-state index contributed by atoms with van der Waals surface area (Å²) in [7, 11) is 0. The third-order valence-corrected chi connectivity index (χ3v) is 3.01. The standard InChI is InChI=1S/C13H14ClFN4/c1-2-8-7-17-13(19-12(8)6-16)18-9-3-4-10(14)11(15)5-9/h3-5,7H,2,6,16H2,1H3,(H,17,18,19). The van der Waals surface area contributed by atoms with Crippen molar-refractivity contribution in [2.24, 2.45) is 5.73 Å². The maximum Gasteiger partial charge on any atom is 0.227 e. The number of aromatic nitrogens is 2. The molecule has 0 fully saturated rings. The molecule has 6 heteroatoms. The smallest absolute Gasteiger partial charge is 0.227 e. The molecule has 0 bridgehead atoms. The Bertz CT molecular complexity index is 589. The lowest BCUT2D eigenvalue weighted by Crippen LogP contribution is -2.08. The molecule has 0 aliphatic carbocycles. The van der Waals surface area contributed by atoms with Crippen LogP contribution in [0.4, 0.5) is 16.0 Å². The minimum atomic E-state index is -0.490. The summed E-state index contributed by atoms with van der Waals surface area (Å²) >= 11 is 5.62. The molecule has 1 aromatic carbocycles. The van der Waals surface area contributed by atoms with Crippen molar-refractivity contribution in [2.45, 2.75) is 19.9 Å². The molecule has 19 heavy (non-hydrogen) atoms. The highest BCUT2D eigenvalue weighted by atomic mass is 35.5. The number of hydrogen-bond donors (Lipinski definition) is 2. The number of aryl methyl sites for hydroxylation is 1. The van der Waals surface area contributed by atoms with E-state index in [4.69, 9.17) is 17.3 Å². The number of rotatable bonds is 4. The summed E-state index contributed by atoms with van der Waals surface area (Å²) in [5, 5.41) is 3.00. The lowest BCUT2D eigenvalue weighted by atomic mass is 10.2. The van der Waals surface area contributed by atoms with E-state index in [1.54, 1.807) is 12.3 Å². The maximum absolute atomic E-state index is 13.3. The molecule has 3 N–H and O–H groups in total. The third kappa shape index (κ3) is 3.19. The van der Waals surface area contributed by atoms with Gasteiger partial charge in [0.1, 0.15) is 5.82 Å². The second-order valence-electron chi connectivity index (χ2n) is 3.98. The van der Waals surface area contributed by atoms with Crippen LogP contribution in [0.25, 0.3) is 0 Å². The van der Waals surface area contributed by atoms with Crippen LogP contribution in [0.5, 0.6) is 0 Å². The summed E-state index contributed by atoms with van der Waals surface area (Å²) in [5.41, 5.74) is 7.97. The topological polar surface area (TPSA) is 63.8 Å². The summed E-state index contributed by atoms with van der Waals surface area (Å²) in [6.45, 7) is 2.36. The Labute approximate surface area is 115 Å². The fraction of sp³-hybridized carbons (Fsp3) is 0.231. The Balaban J connectivity index is 2.25. The highest BCUT2D eigenvalue weighted by molar-refractivity contribution is 6.30. The molecule has 0 amide bonds. The van der Waals surface area contributed by atoms with Gasteiger partial charge in [0.05, 0.1) is 10.7 Å². The Morgan fingerprint density at radius 1 is 1.42 bits per heavy atom. The number of nitrogens with one attached hydrogen (secondary N) is 1. The van der Waals surface area contributed by atoms with Gasteiger partial charge in [0, 0.05) is 18.4 Å². The lowest BCUT2D eigenvalue weighted by molar-refractivity contribution is 0.629. The van der Waals surface area contributed by atoms with Crippen molar-refractivity contribution in [3.8, 4) is 0 Å². The number of halogens is 2. The molecular formula is C13H14ClFN4. The fourth-order valence-corrected chi connectivity index (χ4v) is 1.79. The number of nitrogens with zero attached hydrogens (tertiary/aromatic N) is 2. The van der Waals surface area contributed by atoms with Crippen molar-refractivity contribution in [3.63, 3.8) is 0 Å². The zero-order valence-electron chi connectivity index (χ0n) is 10.5. The van der Waals surface area contributed by atoms with Crippen molar-refractivity contribution in [1.82, 2.24) is 9.97 Å². The first kappa shape index (κ1) is 13.7. The van der Waals surface area contributed by atoms with Crippen LogP contribution in [0, 0.1) is 5.82 Å². The first-order valence-corrected chi connectivity index (χ1v) is 6.28.